The van der Waals surface area contributed by atoms with Gasteiger partial charge in [0.2, 0.25) is 0 Å². The van der Waals surface area contributed by atoms with Crippen molar-refractivity contribution in [1.29, 1.82) is 0 Å². The van der Waals surface area contributed by atoms with E-state index in [1.165, 1.54) is 38.9 Å². The molecule has 1 N–H and O–H groups in total. The molecule has 3 atom stereocenters. The minimum Gasteiger partial charge on any atom is -0.314 e. The molecule has 2 fully saturated rings. The molecule has 19 heavy (non-hydrogen) atoms. The predicted octanol–water partition coefficient (Wildman–Crippen LogP) is 2.18. The Morgan fingerprint density at radius 2 is 1.89 bits per heavy atom. The smallest absolute Gasteiger partial charge is 0.0223 e. The monoisotopic (exact) mass is 267 g/mol. The minimum absolute atomic E-state index is 0.345. The molecule has 0 spiro atoms. The second-order valence-corrected chi connectivity index (χ2v) is 7.34. The first kappa shape index (κ1) is 15.3. The molecule has 0 aromatic heterocycles. The molecular weight excluding hydrogens is 234 g/mol. The molecule has 0 radical (unpaired) electrons. The first-order valence-corrected chi connectivity index (χ1v) is 8.11. The average Bonchev–Trinajstić information content (AvgIpc) is 2.58. The molecule has 2 bridgehead atoms. The Kier molecular flexibility index (Phi) is 4.91. The van der Waals surface area contributed by atoms with E-state index in [2.05, 4.69) is 49.9 Å². The maximum atomic E-state index is 3.60. The van der Waals surface area contributed by atoms with Crippen molar-refractivity contribution in [2.24, 2.45) is 5.41 Å². The number of rotatable bonds is 5. The fourth-order valence-electron chi connectivity index (χ4n) is 3.82. The maximum absolute atomic E-state index is 3.60. The average molecular weight is 267 g/mol. The third-order valence-corrected chi connectivity index (χ3v) is 5.55. The topological polar surface area (TPSA) is 18.5 Å². The van der Waals surface area contributed by atoms with Gasteiger partial charge in [-0.25, -0.2) is 0 Å². The Morgan fingerprint density at radius 3 is 2.58 bits per heavy atom. The highest BCUT2D eigenvalue weighted by atomic mass is 15.3. The van der Waals surface area contributed by atoms with Crippen LogP contribution in [0.2, 0.25) is 0 Å². The van der Waals surface area contributed by atoms with Crippen LogP contribution in [0.3, 0.4) is 0 Å². The van der Waals surface area contributed by atoms with Crippen LogP contribution in [0.15, 0.2) is 0 Å². The van der Waals surface area contributed by atoms with E-state index >= 15 is 0 Å². The Bertz CT molecular complexity index is 290. The zero-order valence-corrected chi connectivity index (χ0v) is 13.6. The van der Waals surface area contributed by atoms with Gasteiger partial charge in [-0.15, -0.1) is 0 Å². The lowest BCUT2D eigenvalue weighted by molar-refractivity contribution is 0.132. The lowest BCUT2D eigenvalue weighted by Gasteiger charge is -2.38. The molecule has 112 valence electrons. The van der Waals surface area contributed by atoms with E-state index in [0.29, 0.717) is 11.5 Å². The summed E-state index contributed by atoms with van der Waals surface area (Å²) in [5.41, 5.74) is 0.345. The molecule has 2 saturated heterocycles. The molecule has 3 unspecified atom stereocenters. The number of nitrogens with zero attached hydrogens (tertiary/aromatic N) is 2. The van der Waals surface area contributed by atoms with E-state index in [4.69, 9.17) is 0 Å². The van der Waals surface area contributed by atoms with Crippen molar-refractivity contribution in [2.75, 3.05) is 33.2 Å². The molecule has 2 heterocycles. The van der Waals surface area contributed by atoms with E-state index in [-0.39, 0.29) is 0 Å². The van der Waals surface area contributed by atoms with Crippen molar-refractivity contribution < 1.29 is 0 Å². The van der Waals surface area contributed by atoms with Crippen LogP contribution in [0, 0.1) is 5.41 Å². The van der Waals surface area contributed by atoms with Crippen molar-refractivity contribution in [3.8, 4) is 0 Å². The first-order valence-electron chi connectivity index (χ1n) is 8.11. The Labute approximate surface area is 119 Å². The lowest BCUT2D eigenvalue weighted by Crippen LogP contribution is -2.48. The van der Waals surface area contributed by atoms with E-state index in [9.17, 15) is 0 Å². The van der Waals surface area contributed by atoms with Crippen molar-refractivity contribution in [3.05, 3.63) is 0 Å². The van der Waals surface area contributed by atoms with Gasteiger partial charge in [-0.1, -0.05) is 20.8 Å². The quantitative estimate of drug-likeness (QED) is 0.824. The van der Waals surface area contributed by atoms with Crippen LogP contribution < -0.4 is 5.32 Å². The summed E-state index contributed by atoms with van der Waals surface area (Å²) >= 11 is 0. The maximum Gasteiger partial charge on any atom is 0.0223 e. The standard InChI is InChI=1S/C16H33N3/c1-6-17-13(2)16(3,4)12-19-10-9-14-7-8-15(11-19)18(14)5/h13-15,17H,6-12H2,1-5H3. The fraction of sp³-hybridized carbons (Fsp3) is 1.00. The number of fused-ring (bicyclic) bond motifs is 2. The molecule has 0 amide bonds. The van der Waals surface area contributed by atoms with Crippen LogP contribution >= 0.6 is 0 Å². The van der Waals surface area contributed by atoms with Gasteiger partial charge < -0.3 is 10.2 Å². The van der Waals surface area contributed by atoms with Gasteiger partial charge in [-0.2, -0.15) is 0 Å². The van der Waals surface area contributed by atoms with E-state index in [1.807, 2.05) is 0 Å². The van der Waals surface area contributed by atoms with Gasteiger partial charge in [0.05, 0.1) is 0 Å². The van der Waals surface area contributed by atoms with Crippen LogP contribution in [-0.2, 0) is 0 Å². The van der Waals surface area contributed by atoms with Crippen LogP contribution in [-0.4, -0.2) is 61.2 Å². The number of hydrogen-bond acceptors (Lipinski definition) is 3. The summed E-state index contributed by atoms with van der Waals surface area (Å²) in [7, 11) is 2.33. The second-order valence-electron chi connectivity index (χ2n) is 7.34. The van der Waals surface area contributed by atoms with E-state index < -0.39 is 0 Å². The third-order valence-electron chi connectivity index (χ3n) is 5.55. The van der Waals surface area contributed by atoms with Crippen LogP contribution in [0.25, 0.3) is 0 Å². The SMILES string of the molecule is CCNC(C)C(C)(C)CN1CCC2CCC(C1)N2C. The number of nitrogens with one attached hydrogen (secondary N) is 1. The Balaban J connectivity index is 1.92. The highest BCUT2D eigenvalue weighted by Crippen LogP contribution is 2.30. The largest absolute Gasteiger partial charge is 0.314 e. The molecule has 0 aliphatic carbocycles. The van der Waals surface area contributed by atoms with Crippen molar-refractivity contribution in [3.63, 3.8) is 0 Å². The molecule has 2 aliphatic heterocycles. The number of hydrogen-bond donors (Lipinski definition) is 1. The molecule has 2 rings (SSSR count). The minimum atomic E-state index is 0.345. The fourth-order valence-corrected chi connectivity index (χ4v) is 3.82. The second kappa shape index (κ2) is 6.11. The summed E-state index contributed by atoms with van der Waals surface area (Å²) in [6.07, 6.45) is 4.19. The normalized spacial score (nSPS) is 31.4. The van der Waals surface area contributed by atoms with E-state index in [1.54, 1.807) is 0 Å². The zero-order chi connectivity index (χ0) is 14.0. The molecule has 2 aliphatic rings. The molecule has 0 aromatic rings. The van der Waals surface area contributed by atoms with Gasteiger partial charge in [0.25, 0.3) is 0 Å². The van der Waals surface area contributed by atoms with E-state index in [0.717, 1.165) is 18.6 Å². The van der Waals surface area contributed by atoms with Gasteiger partial charge in [0, 0.05) is 31.2 Å². The summed E-state index contributed by atoms with van der Waals surface area (Å²) in [5, 5.41) is 3.60. The number of likely N-dealkylation sites (N-methyl/N-ethyl adjacent to an activating group) is 1. The zero-order valence-electron chi connectivity index (χ0n) is 13.6. The highest BCUT2D eigenvalue weighted by Gasteiger charge is 2.36. The predicted molar refractivity (Wildman–Crippen MR) is 82.5 cm³/mol. The molecule has 0 aromatic carbocycles. The van der Waals surface area contributed by atoms with Crippen LogP contribution in [0.4, 0.5) is 0 Å². The van der Waals surface area contributed by atoms with Crippen LogP contribution in [0.1, 0.15) is 47.0 Å². The van der Waals surface area contributed by atoms with Gasteiger partial charge in [-0.05, 0) is 51.7 Å². The summed E-state index contributed by atoms with van der Waals surface area (Å²) in [5.74, 6) is 0. The summed E-state index contributed by atoms with van der Waals surface area (Å²) < 4.78 is 0. The molecular formula is C16H33N3. The molecule has 3 nitrogen and oxygen atoms in total. The summed E-state index contributed by atoms with van der Waals surface area (Å²) in [6.45, 7) is 14.2. The Hall–Kier alpha value is -0.120. The van der Waals surface area contributed by atoms with Crippen molar-refractivity contribution in [2.45, 2.75) is 65.1 Å². The summed E-state index contributed by atoms with van der Waals surface area (Å²) in [6, 6.07) is 2.23. The van der Waals surface area contributed by atoms with Gasteiger partial charge in [0.15, 0.2) is 0 Å². The lowest BCUT2D eigenvalue weighted by atomic mass is 9.84. The third kappa shape index (κ3) is 3.50. The number of likely N-dealkylation sites (tertiary alicyclic amines) is 1. The van der Waals surface area contributed by atoms with Crippen molar-refractivity contribution in [1.82, 2.24) is 15.1 Å². The molecule has 3 heteroatoms. The highest BCUT2D eigenvalue weighted by molar-refractivity contribution is 4.93. The Morgan fingerprint density at radius 1 is 1.21 bits per heavy atom. The summed E-state index contributed by atoms with van der Waals surface area (Å²) in [4.78, 5) is 5.36. The first-order chi connectivity index (χ1) is 8.94. The van der Waals surface area contributed by atoms with Crippen molar-refractivity contribution >= 4 is 0 Å². The van der Waals surface area contributed by atoms with Gasteiger partial charge in [0.1, 0.15) is 0 Å². The molecule has 0 saturated carbocycles. The van der Waals surface area contributed by atoms with Crippen LogP contribution in [0.5, 0.6) is 0 Å². The van der Waals surface area contributed by atoms with Gasteiger partial charge >= 0.3 is 0 Å². The van der Waals surface area contributed by atoms with Gasteiger partial charge in [-0.3, -0.25) is 4.90 Å².